The van der Waals surface area contributed by atoms with Gasteiger partial charge < -0.3 is 15.1 Å². The van der Waals surface area contributed by atoms with Gasteiger partial charge >= 0.3 is 0 Å². The topological polar surface area (TPSA) is 112 Å². The molecule has 2 fully saturated rings. The smallest absolute Gasteiger partial charge is 0.254 e. The Morgan fingerprint density at radius 3 is 2.27 bits per heavy atom. The fourth-order valence-corrected chi connectivity index (χ4v) is 7.25. The summed E-state index contributed by atoms with van der Waals surface area (Å²) in [5.74, 6) is -1.80. The Kier molecular flexibility index (Phi) is 9.64. The number of halogens is 1. The van der Waals surface area contributed by atoms with Crippen molar-refractivity contribution in [3.63, 3.8) is 0 Å². The molecule has 7 rings (SSSR count). The van der Waals surface area contributed by atoms with Gasteiger partial charge in [0.25, 0.3) is 5.91 Å². The van der Waals surface area contributed by atoms with Crippen LogP contribution in [0.2, 0.25) is 5.02 Å². The Hall–Kier alpha value is -4.73. The molecule has 10 heteroatoms. The monoisotopic (exact) mass is 675 g/mol. The highest BCUT2D eigenvalue weighted by Crippen LogP contribution is 2.40. The molecule has 3 unspecified atom stereocenters. The van der Waals surface area contributed by atoms with Gasteiger partial charge in [-0.15, -0.1) is 0 Å². The van der Waals surface area contributed by atoms with E-state index in [1.165, 1.54) is 0 Å². The standard InChI is InChI=1S/C39H38ClN5O4/c40-29-11-9-27(10-12-29)38(48)31-23-35(46)30(21-25-3-7-28(8-4-25)39(49)45-17-1-2-18-45)32-24-42-34-22-26(5-13-33(34)43-37(31)32)6-14-36(47)44-19-15-41-16-20-44/h1-5,7-13,22,24,30-32,41H,6,14-21,23H2. The fourth-order valence-electron chi connectivity index (χ4n) is 7.12. The summed E-state index contributed by atoms with van der Waals surface area (Å²) >= 11 is 6.11. The number of Topliss-reactive ketones (excluding diaryl/α,β-unsaturated/α-hetero) is 2. The van der Waals surface area contributed by atoms with E-state index < -0.39 is 17.8 Å². The number of nitrogens with zero attached hydrogens (tertiary/aromatic N) is 4. The number of aryl methyl sites for hydroxylation is 1. The van der Waals surface area contributed by atoms with Gasteiger partial charge in [-0.25, -0.2) is 0 Å². The van der Waals surface area contributed by atoms with E-state index in [1.807, 2.05) is 59.5 Å². The Morgan fingerprint density at radius 1 is 0.837 bits per heavy atom. The van der Waals surface area contributed by atoms with Crippen molar-refractivity contribution in [2.75, 3.05) is 39.3 Å². The van der Waals surface area contributed by atoms with Crippen LogP contribution in [0.25, 0.3) is 0 Å². The molecule has 3 aromatic carbocycles. The number of nitrogens with one attached hydrogen (secondary N) is 1. The summed E-state index contributed by atoms with van der Waals surface area (Å²) in [6.45, 7) is 4.28. The number of piperazine rings is 1. The van der Waals surface area contributed by atoms with Crippen LogP contribution in [0, 0.1) is 17.8 Å². The van der Waals surface area contributed by atoms with Crippen molar-refractivity contribution in [2.24, 2.45) is 27.7 Å². The second-order valence-corrected chi connectivity index (χ2v) is 13.5. The summed E-state index contributed by atoms with van der Waals surface area (Å²) in [5.41, 5.74) is 4.89. The van der Waals surface area contributed by atoms with E-state index in [-0.39, 0.29) is 29.8 Å². The lowest BCUT2D eigenvalue weighted by atomic mass is 9.68. The predicted octanol–water partition coefficient (Wildman–Crippen LogP) is 5.45. The van der Waals surface area contributed by atoms with Gasteiger partial charge in [-0.05, 0) is 72.5 Å². The van der Waals surface area contributed by atoms with Gasteiger partial charge in [0.1, 0.15) is 5.78 Å². The first kappa shape index (κ1) is 32.8. The molecule has 3 heterocycles. The highest BCUT2D eigenvalue weighted by Gasteiger charge is 2.44. The van der Waals surface area contributed by atoms with Gasteiger partial charge in [-0.2, -0.15) is 0 Å². The van der Waals surface area contributed by atoms with Gasteiger partial charge in [0.05, 0.1) is 17.3 Å². The van der Waals surface area contributed by atoms with E-state index >= 15 is 0 Å². The summed E-state index contributed by atoms with van der Waals surface area (Å²) < 4.78 is 0. The quantitative estimate of drug-likeness (QED) is 0.252. The van der Waals surface area contributed by atoms with Crippen molar-refractivity contribution >= 4 is 58.3 Å². The predicted molar refractivity (Wildman–Crippen MR) is 191 cm³/mol. The number of hydrogen-bond donors (Lipinski definition) is 1. The number of amides is 2. The molecule has 3 aliphatic heterocycles. The number of ketones is 2. The van der Waals surface area contributed by atoms with E-state index in [0.29, 0.717) is 65.6 Å². The van der Waals surface area contributed by atoms with Gasteiger partial charge in [-0.1, -0.05) is 42.0 Å². The number of benzene rings is 3. The first-order chi connectivity index (χ1) is 23.8. The Morgan fingerprint density at radius 2 is 1.53 bits per heavy atom. The number of fused-ring (bicyclic) bond motifs is 2. The highest BCUT2D eigenvalue weighted by atomic mass is 35.5. The van der Waals surface area contributed by atoms with Crippen LogP contribution in [-0.4, -0.2) is 84.4 Å². The summed E-state index contributed by atoms with van der Waals surface area (Å²) in [4.78, 5) is 67.2. The number of rotatable bonds is 8. The van der Waals surface area contributed by atoms with Crippen LogP contribution in [0.4, 0.5) is 11.4 Å². The number of carbonyl (C=O) groups excluding carboxylic acids is 4. The number of carbonyl (C=O) groups is 4. The molecule has 1 saturated carbocycles. The van der Waals surface area contributed by atoms with Crippen molar-refractivity contribution in [1.29, 1.82) is 0 Å². The lowest BCUT2D eigenvalue weighted by molar-refractivity contribution is -0.131. The Bertz CT molecular complexity index is 1850. The van der Waals surface area contributed by atoms with E-state index in [1.54, 1.807) is 35.4 Å². The second-order valence-electron chi connectivity index (χ2n) is 13.1. The maximum atomic E-state index is 13.9. The minimum absolute atomic E-state index is 0.0236. The van der Waals surface area contributed by atoms with Crippen LogP contribution in [0.1, 0.15) is 44.7 Å². The number of aliphatic imine (C=N–C) groups is 2. The van der Waals surface area contributed by atoms with Crippen molar-refractivity contribution in [2.45, 2.75) is 25.7 Å². The van der Waals surface area contributed by atoms with Crippen molar-refractivity contribution in [3.8, 4) is 0 Å². The van der Waals surface area contributed by atoms with E-state index in [0.717, 1.165) is 37.3 Å². The van der Waals surface area contributed by atoms with Crippen LogP contribution < -0.4 is 5.32 Å². The molecule has 0 spiro atoms. The zero-order valence-electron chi connectivity index (χ0n) is 27.2. The minimum atomic E-state index is -0.738. The normalized spacial score (nSPS) is 21.5. The zero-order valence-corrected chi connectivity index (χ0v) is 27.9. The first-order valence-corrected chi connectivity index (χ1v) is 17.3. The maximum Gasteiger partial charge on any atom is 0.254 e. The fraction of sp³-hybridized carbons (Fsp3) is 0.333. The van der Waals surface area contributed by atoms with Crippen LogP contribution in [0.15, 0.2) is 88.9 Å². The van der Waals surface area contributed by atoms with Gasteiger partial charge in [-0.3, -0.25) is 29.2 Å². The van der Waals surface area contributed by atoms with Crippen molar-refractivity contribution < 1.29 is 19.2 Å². The molecule has 1 N–H and O–H groups in total. The highest BCUT2D eigenvalue weighted by molar-refractivity contribution is 6.30. The summed E-state index contributed by atoms with van der Waals surface area (Å²) in [6.07, 6.45) is 7.19. The van der Waals surface area contributed by atoms with E-state index in [2.05, 4.69) is 5.32 Å². The lowest BCUT2D eigenvalue weighted by Gasteiger charge is -2.34. The Labute approximate surface area is 290 Å². The third-order valence-electron chi connectivity index (χ3n) is 9.92. The third-order valence-corrected chi connectivity index (χ3v) is 10.2. The van der Waals surface area contributed by atoms with Crippen LogP contribution in [0.5, 0.6) is 0 Å². The minimum Gasteiger partial charge on any atom is -0.340 e. The SMILES string of the molecule is O=C(c1ccc(Cl)cc1)C1CC(=O)C(Cc2ccc(C(=O)N3CC=CC3)cc2)C2C=Nc3cc(CCC(=O)N4CCNCC4)ccc3N=C12. The third kappa shape index (κ3) is 7.19. The summed E-state index contributed by atoms with van der Waals surface area (Å²) in [5, 5.41) is 3.80. The lowest BCUT2D eigenvalue weighted by Crippen LogP contribution is -2.46. The van der Waals surface area contributed by atoms with E-state index in [9.17, 15) is 19.2 Å². The molecule has 9 nitrogen and oxygen atoms in total. The van der Waals surface area contributed by atoms with Gasteiger partial charge in [0.15, 0.2) is 5.78 Å². The molecule has 0 aromatic heterocycles. The Balaban J connectivity index is 1.16. The second kappa shape index (κ2) is 14.4. The largest absolute Gasteiger partial charge is 0.340 e. The zero-order chi connectivity index (χ0) is 33.9. The van der Waals surface area contributed by atoms with Gasteiger partial charge in [0.2, 0.25) is 5.91 Å². The molecule has 250 valence electrons. The summed E-state index contributed by atoms with van der Waals surface area (Å²) in [7, 11) is 0. The molecule has 0 bridgehead atoms. The molecule has 3 aromatic rings. The molecule has 1 saturated heterocycles. The molecule has 2 amide bonds. The van der Waals surface area contributed by atoms with Gasteiger partial charge in [0, 0.05) is 92.0 Å². The molecule has 0 radical (unpaired) electrons. The van der Waals surface area contributed by atoms with Crippen LogP contribution in [-0.2, 0) is 22.4 Å². The number of hydrogen-bond acceptors (Lipinski definition) is 7. The maximum absolute atomic E-state index is 13.9. The average molecular weight is 676 g/mol. The molecule has 49 heavy (non-hydrogen) atoms. The van der Waals surface area contributed by atoms with E-state index in [4.69, 9.17) is 21.6 Å². The molecule has 4 aliphatic rings. The molecule has 3 atom stereocenters. The average Bonchev–Trinajstić information content (AvgIpc) is 3.61. The van der Waals surface area contributed by atoms with Crippen LogP contribution in [0.3, 0.4) is 0 Å². The molecular formula is C39H38ClN5O4. The molecule has 1 aliphatic carbocycles. The summed E-state index contributed by atoms with van der Waals surface area (Å²) in [6, 6.07) is 20.0. The van der Waals surface area contributed by atoms with Crippen molar-refractivity contribution in [3.05, 3.63) is 106 Å². The first-order valence-electron chi connectivity index (χ1n) is 16.9. The molecular weight excluding hydrogens is 638 g/mol. The van der Waals surface area contributed by atoms with Crippen molar-refractivity contribution in [1.82, 2.24) is 15.1 Å². The van der Waals surface area contributed by atoms with Crippen LogP contribution >= 0.6 is 11.6 Å².